The van der Waals surface area contributed by atoms with Gasteiger partial charge in [-0.05, 0) is 52.5 Å². The fourth-order valence-electron chi connectivity index (χ4n) is 3.88. The Morgan fingerprint density at radius 2 is 1.81 bits per heavy atom. The average Bonchev–Trinajstić information content (AvgIpc) is 2.84. The Labute approximate surface area is 155 Å². The summed E-state index contributed by atoms with van der Waals surface area (Å²) in [6, 6.07) is 2.24. The van der Waals surface area contributed by atoms with Gasteiger partial charge in [-0.15, -0.1) is 0 Å². The van der Waals surface area contributed by atoms with Crippen molar-refractivity contribution in [1.29, 1.82) is 0 Å². The molecule has 0 saturated heterocycles. The monoisotopic (exact) mass is 355 g/mol. The van der Waals surface area contributed by atoms with Crippen LogP contribution in [0.25, 0.3) is 5.95 Å². The third-order valence-corrected chi connectivity index (χ3v) is 5.40. The van der Waals surface area contributed by atoms with E-state index in [0.29, 0.717) is 24.3 Å². The Kier molecular flexibility index (Phi) is 5.39. The number of hydrogen-bond acceptors (Lipinski definition) is 4. The summed E-state index contributed by atoms with van der Waals surface area (Å²) >= 11 is 0. The van der Waals surface area contributed by atoms with E-state index in [-0.39, 0.29) is 5.91 Å². The van der Waals surface area contributed by atoms with Crippen molar-refractivity contribution in [3.05, 3.63) is 34.4 Å². The van der Waals surface area contributed by atoms with Gasteiger partial charge in [0.1, 0.15) is 0 Å². The molecule has 1 N–H and O–H groups in total. The number of aromatic nitrogens is 4. The van der Waals surface area contributed by atoms with Crippen LogP contribution in [-0.4, -0.2) is 31.7 Å². The summed E-state index contributed by atoms with van der Waals surface area (Å²) in [4.78, 5) is 21.6. The van der Waals surface area contributed by atoms with Crippen LogP contribution in [0.5, 0.6) is 0 Å². The second-order valence-electron chi connectivity index (χ2n) is 7.62. The molecule has 3 rings (SSSR count). The van der Waals surface area contributed by atoms with E-state index in [4.69, 9.17) is 0 Å². The normalized spacial score (nSPS) is 20.2. The minimum absolute atomic E-state index is 0.0795. The van der Waals surface area contributed by atoms with E-state index in [1.165, 1.54) is 19.3 Å². The molecule has 2 atom stereocenters. The van der Waals surface area contributed by atoms with Gasteiger partial charge in [0.25, 0.3) is 5.95 Å². The van der Waals surface area contributed by atoms with Crippen LogP contribution >= 0.6 is 0 Å². The van der Waals surface area contributed by atoms with Gasteiger partial charge in [-0.2, -0.15) is 5.10 Å². The summed E-state index contributed by atoms with van der Waals surface area (Å²) in [5.41, 5.74) is 4.57. The molecule has 0 bridgehead atoms. The third kappa shape index (κ3) is 3.94. The molecule has 140 valence electrons. The molecule has 1 amide bonds. The Balaban J connectivity index is 1.78. The molecule has 1 saturated carbocycles. The molecular weight excluding hydrogens is 326 g/mol. The zero-order valence-corrected chi connectivity index (χ0v) is 16.5. The van der Waals surface area contributed by atoms with Gasteiger partial charge in [-0.25, -0.2) is 14.6 Å². The Hall–Kier alpha value is -2.24. The van der Waals surface area contributed by atoms with Gasteiger partial charge in [-0.3, -0.25) is 4.79 Å². The highest BCUT2D eigenvalue weighted by Gasteiger charge is 2.24. The maximum atomic E-state index is 12.6. The number of aryl methyl sites for hydroxylation is 3. The molecular formula is C20H29N5O. The van der Waals surface area contributed by atoms with Crippen molar-refractivity contribution in [1.82, 2.24) is 25.1 Å². The lowest BCUT2D eigenvalue weighted by Gasteiger charge is -2.29. The van der Waals surface area contributed by atoms with Gasteiger partial charge < -0.3 is 5.32 Å². The Bertz CT molecular complexity index is 791. The molecule has 2 unspecified atom stereocenters. The molecule has 1 aliphatic rings. The first-order valence-corrected chi connectivity index (χ1v) is 9.52. The van der Waals surface area contributed by atoms with Gasteiger partial charge >= 0.3 is 0 Å². The predicted octanol–water partition coefficient (Wildman–Crippen LogP) is 3.13. The summed E-state index contributed by atoms with van der Waals surface area (Å²) < 4.78 is 1.75. The summed E-state index contributed by atoms with van der Waals surface area (Å²) in [5, 5.41) is 7.82. The lowest BCUT2D eigenvalue weighted by atomic mass is 9.86. The van der Waals surface area contributed by atoms with Gasteiger partial charge in [-0.1, -0.05) is 19.8 Å². The van der Waals surface area contributed by atoms with Crippen LogP contribution in [0.1, 0.15) is 60.9 Å². The van der Waals surface area contributed by atoms with Crippen LogP contribution in [0.3, 0.4) is 0 Å². The summed E-state index contributed by atoms with van der Waals surface area (Å²) in [7, 11) is 0. The standard InChI is InChI=1S/C20H29N5O/c1-12-8-6-7-9-18(12)23-19(26)11-17-15(4)24-25(16(17)5)20-21-13(2)10-14(3)22-20/h10,12,18H,6-9,11H2,1-5H3,(H,23,26). The fourth-order valence-corrected chi connectivity index (χ4v) is 3.88. The van der Waals surface area contributed by atoms with E-state index >= 15 is 0 Å². The molecule has 0 spiro atoms. The fraction of sp³-hybridized carbons (Fsp3) is 0.600. The first-order chi connectivity index (χ1) is 12.3. The van der Waals surface area contributed by atoms with Crippen LogP contribution < -0.4 is 5.32 Å². The summed E-state index contributed by atoms with van der Waals surface area (Å²) in [5.74, 6) is 1.20. The topological polar surface area (TPSA) is 72.7 Å². The van der Waals surface area contributed by atoms with Crippen LogP contribution in [0.2, 0.25) is 0 Å². The van der Waals surface area contributed by atoms with E-state index < -0.39 is 0 Å². The zero-order chi connectivity index (χ0) is 18.8. The van der Waals surface area contributed by atoms with Crippen molar-refractivity contribution < 1.29 is 4.79 Å². The molecule has 2 aromatic heterocycles. The maximum Gasteiger partial charge on any atom is 0.251 e. The minimum Gasteiger partial charge on any atom is -0.353 e. The van der Waals surface area contributed by atoms with Gasteiger partial charge in [0.2, 0.25) is 5.91 Å². The van der Waals surface area contributed by atoms with E-state index in [2.05, 4.69) is 27.3 Å². The SMILES string of the molecule is Cc1cc(C)nc(-n2nc(C)c(CC(=O)NC3CCCCC3C)c2C)n1. The van der Waals surface area contributed by atoms with Gasteiger partial charge in [0.05, 0.1) is 12.1 Å². The number of nitrogens with zero attached hydrogens (tertiary/aromatic N) is 4. The second-order valence-corrected chi connectivity index (χ2v) is 7.62. The van der Waals surface area contributed by atoms with Crippen LogP contribution in [0.15, 0.2) is 6.07 Å². The molecule has 0 aliphatic heterocycles. The van der Waals surface area contributed by atoms with Crippen molar-refractivity contribution in [2.75, 3.05) is 0 Å². The highest BCUT2D eigenvalue weighted by molar-refractivity contribution is 5.79. The lowest BCUT2D eigenvalue weighted by Crippen LogP contribution is -2.41. The van der Waals surface area contributed by atoms with E-state index in [9.17, 15) is 4.79 Å². The molecule has 6 nitrogen and oxygen atoms in total. The Morgan fingerprint density at radius 1 is 1.15 bits per heavy atom. The smallest absolute Gasteiger partial charge is 0.251 e. The predicted molar refractivity (Wildman–Crippen MR) is 101 cm³/mol. The highest BCUT2D eigenvalue weighted by atomic mass is 16.1. The van der Waals surface area contributed by atoms with Gasteiger partial charge in [0.15, 0.2) is 0 Å². The van der Waals surface area contributed by atoms with Crippen molar-refractivity contribution in [3.63, 3.8) is 0 Å². The van der Waals surface area contributed by atoms with Crippen molar-refractivity contribution in [2.24, 2.45) is 5.92 Å². The first-order valence-electron chi connectivity index (χ1n) is 9.52. The lowest BCUT2D eigenvalue weighted by molar-refractivity contribution is -0.121. The summed E-state index contributed by atoms with van der Waals surface area (Å²) in [6.45, 7) is 10.0. The molecule has 1 fully saturated rings. The van der Waals surface area contributed by atoms with Crippen LogP contribution in [0, 0.1) is 33.6 Å². The molecule has 0 aromatic carbocycles. The van der Waals surface area contributed by atoms with E-state index in [0.717, 1.165) is 34.8 Å². The highest BCUT2D eigenvalue weighted by Crippen LogP contribution is 2.24. The number of hydrogen-bond donors (Lipinski definition) is 1. The van der Waals surface area contributed by atoms with E-state index in [1.54, 1.807) is 4.68 Å². The second kappa shape index (κ2) is 7.56. The molecule has 2 heterocycles. The quantitative estimate of drug-likeness (QED) is 0.914. The zero-order valence-electron chi connectivity index (χ0n) is 16.5. The number of carbonyl (C=O) groups is 1. The number of nitrogens with one attached hydrogen (secondary N) is 1. The van der Waals surface area contributed by atoms with E-state index in [1.807, 2.05) is 33.8 Å². The Morgan fingerprint density at radius 3 is 2.46 bits per heavy atom. The molecule has 0 radical (unpaired) electrons. The molecule has 1 aliphatic carbocycles. The van der Waals surface area contributed by atoms with Crippen LogP contribution in [-0.2, 0) is 11.2 Å². The number of rotatable bonds is 4. The van der Waals surface area contributed by atoms with Crippen LogP contribution in [0.4, 0.5) is 0 Å². The van der Waals surface area contributed by atoms with Gasteiger partial charge in [0, 0.05) is 28.7 Å². The van der Waals surface area contributed by atoms with Crippen molar-refractivity contribution >= 4 is 5.91 Å². The first kappa shape index (κ1) is 18.5. The minimum atomic E-state index is 0.0795. The average molecular weight is 355 g/mol. The molecule has 6 heteroatoms. The van der Waals surface area contributed by atoms with Crippen molar-refractivity contribution in [2.45, 2.75) is 72.8 Å². The number of amides is 1. The maximum absolute atomic E-state index is 12.6. The third-order valence-electron chi connectivity index (χ3n) is 5.40. The molecule has 26 heavy (non-hydrogen) atoms. The van der Waals surface area contributed by atoms with Crippen molar-refractivity contribution in [3.8, 4) is 5.95 Å². The number of carbonyl (C=O) groups excluding carboxylic acids is 1. The largest absolute Gasteiger partial charge is 0.353 e. The summed E-state index contributed by atoms with van der Waals surface area (Å²) in [6.07, 6.45) is 5.11. The molecule has 2 aromatic rings.